The third-order valence-corrected chi connectivity index (χ3v) is 9.90. The summed E-state index contributed by atoms with van der Waals surface area (Å²) >= 11 is 0. The number of aliphatic hydroxyl groups excluding tert-OH is 1. The van der Waals surface area contributed by atoms with Crippen molar-refractivity contribution in [3.63, 3.8) is 0 Å². The Labute approximate surface area is 286 Å². The molecule has 13 nitrogen and oxygen atoms in total. The Balaban J connectivity index is 1.45. The number of imidazole rings is 1. The highest BCUT2D eigenvalue weighted by molar-refractivity contribution is 5.86. The van der Waals surface area contributed by atoms with Crippen LogP contribution in [0, 0.1) is 23.7 Å². The minimum atomic E-state index is -1.95. The van der Waals surface area contributed by atoms with Gasteiger partial charge in [-0.2, -0.15) is 0 Å². The van der Waals surface area contributed by atoms with E-state index >= 15 is 0 Å². The van der Waals surface area contributed by atoms with E-state index in [2.05, 4.69) is 31.8 Å². The molecule has 0 spiro atoms. The highest BCUT2D eigenvalue weighted by Gasteiger charge is 2.53. The first-order valence-corrected chi connectivity index (χ1v) is 16.7. The van der Waals surface area contributed by atoms with Crippen LogP contribution in [0.4, 0.5) is 0 Å². The standard InChI is InChI=1S/C36H48N2O11/c1-20(2)26-10-8-21(3)27-15-30(48-31(41)11-9-25-16-38(7)19-37-25)35(6)12-13-36(43,49-35)24(14-28(26)27)17-44-34-33(47-23(5)40)32(42)29(18-45-34)46-22(4)39/h8-9,11-14,16,19-20,26-30,32-34,42-43H,10,15,17-18H2,1-7H3/b11-9+,24-14-/t26-,27+,28-,29-,30?,32-,33+,34-,35+,36-/m1/s1. The van der Waals surface area contributed by atoms with E-state index in [1.165, 1.54) is 26.0 Å². The van der Waals surface area contributed by atoms with Gasteiger partial charge in [0.15, 0.2) is 18.5 Å². The minimum Gasteiger partial charge on any atom is -0.457 e. The molecule has 49 heavy (non-hydrogen) atoms. The molecule has 0 radical (unpaired) electrons. The molecule has 4 aliphatic rings. The van der Waals surface area contributed by atoms with Crippen LogP contribution in [0.25, 0.3) is 6.08 Å². The lowest BCUT2D eigenvalue weighted by Gasteiger charge is -2.41. The zero-order valence-electron chi connectivity index (χ0n) is 29.1. The second kappa shape index (κ2) is 14.7. The summed E-state index contributed by atoms with van der Waals surface area (Å²) in [5.41, 5.74) is 0.924. The molecule has 1 aromatic heterocycles. The molecule has 0 saturated carbocycles. The Hall–Kier alpha value is -3.62. The van der Waals surface area contributed by atoms with E-state index in [-0.39, 0.29) is 36.9 Å². The number of aliphatic hydroxyl groups is 2. The first kappa shape index (κ1) is 36.7. The van der Waals surface area contributed by atoms with Crippen LogP contribution in [0.2, 0.25) is 0 Å². The van der Waals surface area contributed by atoms with E-state index in [1.54, 1.807) is 36.2 Å². The Bertz CT molecular complexity index is 1530. The Morgan fingerprint density at radius 1 is 1.16 bits per heavy atom. The topological polar surface area (TPSA) is 165 Å². The highest BCUT2D eigenvalue weighted by atomic mass is 16.7. The van der Waals surface area contributed by atoms with Gasteiger partial charge in [0, 0.05) is 38.7 Å². The van der Waals surface area contributed by atoms with E-state index in [1.807, 2.05) is 13.1 Å². The van der Waals surface area contributed by atoms with E-state index in [0.717, 1.165) is 12.0 Å². The zero-order valence-corrected chi connectivity index (χ0v) is 29.1. The third-order valence-electron chi connectivity index (χ3n) is 9.90. The molecule has 2 N–H and O–H groups in total. The van der Waals surface area contributed by atoms with Gasteiger partial charge in [-0.3, -0.25) is 9.59 Å². The number of hydrogen-bond donors (Lipinski definition) is 2. The van der Waals surface area contributed by atoms with Gasteiger partial charge in [-0.05, 0) is 68.6 Å². The molecular weight excluding hydrogens is 636 g/mol. The summed E-state index contributed by atoms with van der Waals surface area (Å²) in [5.74, 6) is -3.51. The number of hydrogen-bond acceptors (Lipinski definition) is 12. The number of allylic oxidation sites excluding steroid dienone is 3. The molecule has 3 aliphatic heterocycles. The Morgan fingerprint density at radius 3 is 2.55 bits per heavy atom. The third kappa shape index (κ3) is 8.24. The van der Waals surface area contributed by atoms with Gasteiger partial charge < -0.3 is 43.2 Å². The van der Waals surface area contributed by atoms with Crippen LogP contribution in [0.5, 0.6) is 0 Å². The van der Waals surface area contributed by atoms with Crippen LogP contribution in [0.3, 0.4) is 0 Å². The summed E-state index contributed by atoms with van der Waals surface area (Å²) in [4.78, 5) is 41.0. The maximum Gasteiger partial charge on any atom is 0.331 e. The fourth-order valence-corrected chi connectivity index (χ4v) is 7.25. The van der Waals surface area contributed by atoms with E-state index < -0.39 is 60.0 Å². The quantitative estimate of drug-likeness (QED) is 0.169. The lowest BCUT2D eigenvalue weighted by molar-refractivity contribution is -0.278. The number of aromatic nitrogens is 2. The summed E-state index contributed by atoms with van der Waals surface area (Å²) in [6.45, 7) is 10.1. The van der Waals surface area contributed by atoms with Crippen molar-refractivity contribution in [2.75, 3.05) is 13.2 Å². The molecule has 1 unspecified atom stereocenters. The largest absolute Gasteiger partial charge is 0.457 e. The average molecular weight is 685 g/mol. The molecule has 1 aromatic rings. The van der Waals surface area contributed by atoms with Crippen LogP contribution in [-0.2, 0) is 49.9 Å². The Morgan fingerprint density at radius 2 is 1.90 bits per heavy atom. The number of ether oxygens (including phenoxy) is 6. The first-order valence-electron chi connectivity index (χ1n) is 16.7. The fourth-order valence-electron chi connectivity index (χ4n) is 7.25. The number of carbonyl (C=O) groups is 3. The van der Waals surface area contributed by atoms with Gasteiger partial charge in [0.2, 0.25) is 5.79 Å². The van der Waals surface area contributed by atoms with Crippen LogP contribution in [0.15, 0.2) is 54.1 Å². The summed E-state index contributed by atoms with van der Waals surface area (Å²) in [7, 11) is 1.84. The number of fused-ring (bicyclic) bond motifs is 3. The van der Waals surface area contributed by atoms with Crippen molar-refractivity contribution in [2.24, 2.45) is 30.7 Å². The maximum absolute atomic E-state index is 13.2. The molecule has 1 aliphatic carbocycles. The molecule has 5 rings (SSSR count). The van der Waals surface area contributed by atoms with Gasteiger partial charge in [-0.15, -0.1) is 0 Å². The number of rotatable bonds is 9. The summed E-state index contributed by atoms with van der Waals surface area (Å²) < 4.78 is 36.8. The molecule has 10 atom stereocenters. The summed E-state index contributed by atoms with van der Waals surface area (Å²) in [5, 5.41) is 23.1. The Kier molecular flexibility index (Phi) is 11.0. The smallest absolute Gasteiger partial charge is 0.331 e. The van der Waals surface area contributed by atoms with Crippen molar-refractivity contribution in [2.45, 2.75) is 96.5 Å². The van der Waals surface area contributed by atoms with Crippen molar-refractivity contribution in [3.05, 3.63) is 59.7 Å². The normalized spacial score (nSPS) is 36.9. The van der Waals surface area contributed by atoms with Crippen LogP contribution in [0.1, 0.15) is 60.1 Å². The SMILES string of the molecule is CC(=O)O[C@@H]1[C@H](OC/C2=C/[C@@H]3[C@@H](C(C)C)CC=C(C)[C@@H]3CC(OC(=O)/C=C/c3cn(C)cn3)[C@]3(C)C=C[C@@]2(O)O3)OC[C@@H](OC(C)=O)[C@H]1O. The van der Waals surface area contributed by atoms with Crippen molar-refractivity contribution < 1.29 is 53.0 Å². The van der Waals surface area contributed by atoms with E-state index in [4.69, 9.17) is 28.4 Å². The van der Waals surface area contributed by atoms with Crippen LogP contribution >= 0.6 is 0 Å². The van der Waals surface area contributed by atoms with Gasteiger partial charge in [0.1, 0.15) is 17.8 Å². The monoisotopic (exact) mass is 684 g/mol. The van der Waals surface area contributed by atoms with Crippen molar-refractivity contribution >= 4 is 24.0 Å². The minimum absolute atomic E-state index is 0.0588. The lowest BCUT2D eigenvalue weighted by Crippen LogP contribution is -2.56. The molecule has 0 amide bonds. The lowest BCUT2D eigenvalue weighted by atomic mass is 9.65. The first-order chi connectivity index (χ1) is 23.1. The van der Waals surface area contributed by atoms with Gasteiger partial charge in [-0.1, -0.05) is 31.6 Å². The van der Waals surface area contributed by atoms with Gasteiger partial charge in [0.25, 0.3) is 0 Å². The molecule has 0 aromatic carbocycles. The molecule has 1 fully saturated rings. The molecule has 2 bridgehead atoms. The van der Waals surface area contributed by atoms with Crippen molar-refractivity contribution in [1.82, 2.24) is 9.55 Å². The molecule has 268 valence electrons. The predicted molar refractivity (Wildman–Crippen MR) is 175 cm³/mol. The highest BCUT2D eigenvalue weighted by Crippen LogP contribution is 2.49. The van der Waals surface area contributed by atoms with E-state index in [9.17, 15) is 24.6 Å². The second-order valence-electron chi connectivity index (χ2n) is 14.0. The number of aryl methyl sites for hydroxylation is 1. The van der Waals surface area contributed by atoms with Crippen LogP contribution in [-0.4, -0.2) is 93.0 Å². The molecule has 13 heteroatoms. The average Bonchev–Trinajstić information content (AvgIpc) is 3.60. The number of carbonyl (C=O) groups excluding carboxylic acids is 3. The molecule has 4 heterocycles. The number of nitrogens with zero attached hydrogens (tertiary/aromatic N) is 2. The van der Waals surface area contributed by atoms with Crippen molar-refractivity contribution in [1.29, 1.82) is 0 Å². The maximum atomic E-state index is 13.2. The van der Waals surface area contributed by atoms with E-state index in [0.29, 0.717) is 17.7 Å². The summed E-state index contributed by atoms with van der Waals surface area (Å²) in [6, 6.07) is 0. The molecule has 1 saturated heterocycles. The summed E-state index contributed by atoms with van der Waals surface area (Å²) in [6.07, 6.45) is 9.25. The second-order valence-corrected chi connectivity index (χ2v) is 14.0. The number of esters is 3. The van der Waals surface area contributed by atoms with Crippen molar-refractivity contribution in [3.8, 4) is 0 Å². The zero-order chi connectivity index (χ0) is 35.7. The predicted octanol–water partition coefficient (Wildman–Crippen LogP) is 3.16. The van der Waals surface area contributed by atoms with Gasteiger partial charge in [-0.25, -0.2) is 9.78 Å². The van der Waals surface area contributed by atoms with Gasteiger partial charge >= 0.3 is 17.9 Å². The van der Waals surface area contributed by atoms with Crippen LogP contribution < -0.4 is 0 Å². The fraction of sp³-hybridized carbons (Fsp3) is 0.611. The van der Waals surface area contributed by atoms with Gasteiger partial charge in [0.05, 0.1) is 25.2 Å². The molecular formula is C36H48N2O11.